The van der Waals surface area contributed by atoms with E-state index in [4.69, 9.17) is 10.8 Å². The van der Waals surface area contributed by atoms with E-state index in [0.717, 1.165) is 18.6 Å². The van der Waals surface area contributed by atoms with Crippen molar-refractivity contribution in [3.63, 3.8) is 0 Å². The summed E-state index contributed by atoms with van der Waals surface area (Å²) in [5, 5.41) is 8.88. The number of carbonyl (C=O) groups is 1. The molecular weight excluding hydrogens is 212 g/mol. The van der Waals surface area contributed by atoms with Gasteiger partial charge in [0.05, 0.1) is 12.6 Å². The molecule has 0 spiro atoms. The van der Waals surface area contributed by atoms with E-state index >= 15 is 0 Å². The van der Waals surface area contributed by atoms with Gasteiger partial charge in [0.25, 0.3) is 0 Å². The average Bonchev–Trinajstić information content (AvgIpc) is 3.05. The van der Waals surface area contributed by atoms with Crippen LogP contribution in [0, 0.1) is 0 Å². The number of nitrogens with two attached hydrogens (primary N) is 1. The Kier molecular flexibility index (Phi) is 5.42. The molecular formula is C10H20N2O2S. The van der Waals surface area contributed by atoms with E-state index in [1.165, 1.54) is 0 Å². The van der Waals surface area contributed by atoms with Crippen molar-refractivity contribution < 1.29 is 9.90 Å². The SMILES string of the molecule is CSCC[C@H](N)C(=O)N(CCO)C1CC1. The summed E-state index contributed by atoms with van der Waals surface area (Å²) in [7, 11) is 0. The van der Waals surface area contributed by atoms with E-state index in [0.29, 0.717) is 19.0 Å². The van der Waals surface area contributed by atoms with Gasteiger partial charge in [-0.3, -0.25) is 4.79 Å². The fourth-order valence-corrected chi connectivity index (χ4v) is 2.04. The second-order valence-electron chi connectivity index (χ2n) is 3.87. The third-order valence-electron chi connectivity index (χ3n) is 2.56. The van der Waals surface area contributed by atoms with Gasteiger partial charge < -0.3 is 15.7 Å². The van der Waals surface area contributed by atoms with Crippen LogP contribution in [-0.4, -0.2) is 53.2 Å². The Morgan fingerprint density at radius 2 is 2.33 bits per heavy atom. The summed E-state index contributed by atoms with van der Waals surface area (Å²) in [6.45, 7) is 0.452. The molecule has 0 aliphatic heterocycles. The van der Waals surface area contributed by atoms with Gasteiger partial charge in [0.1, 0.15) is 0 Å². The number of nitrogens with zero attached hydrogens (tertiary/aromatic N) is 1. The molecule has 4 nitrogen and oxygen atoms in total. The molecule has 0 bridgehead atoms. The summed E-state index contributed by atoms with van der Waals surface area (Å²) in [6.07, 6.45) is 4.83. The molecule has 0 heterocycles. The summed E-state index contributed by atoms with van der Waals surface area (Å²) < 4.78 is 0. The van der Waals surface area contributed by atoms with E-state index in [-0.39, 0.29) is 12.5 Å². The lowest BCUT2D eigenvalue weighted by molar-refractivity contribution is -0.133. The maximum Gasteiger partial charge on any atom is 0.239 e. The van der Waals surface area contributed by atoms with Crippen molar-refractivity contribution in [2.75, 3.05) is 25.2 Å². The van der Waals surface area contributed by atoms with Crippen LogP contribution in [0.2, 0.25) is 0 Å². The first-order valence-corrected chi connectivity index (χ1v) is 6.76. The molecule has 0 saturated heterocycles. The van der Waals surface area contributed by atoms with Crippen LogP contribution in [0.5, 0.6) is 0 Å². The zero-order valence-electron chi connectivity index (χ0n) is 9.19. The highest BCUT2D eigenvalue weighted by molar-refractivity contribution is 7.98. The summed E-state index contributed by atoms with van der Waals surface area (Å²) in [6, 6.07) is -0.0606. The van der Waals surface area contributed by atoms with Crippen LogP contribution in [-0.2, 0) is 4.79 Å². The van der Waals surface area contributed by atoms with Crippen LogP contribution < -0.4 is 5.73 Å². The van der Waals surface area contributed by atoms with Gasteiger partial charge >= 0.3 is 0 Å². The molecule has 1 aliphatic carbocycles. The van der Waals surface area contributed by atoms with Crippen LogP contribution in [0.25, 0.3) is 0 Å². The number of carbonyl (C=O) groups excluding carboxylic acids is 1. The van der Waals surface area contributed by atoms with Crippen molar-refractivity contribution in [3.8, 4) is 0 Å². The zero-order valence-corrected chi connectivity index (χ0v) is 10.0. The number of hydrogen-bond acceptors (Lipinski definition) is 4. The van der Waals surface area contributed by atoms with E-state index in [2.05, 4.69) is 0 Å². The molecule has 5 heteroatoms. The minimum Gasteiger partial charge on any atom is -0.395 e. The van der Waals surface area contributed by atoms with Crippen LogP contribution in [0.4, 0.5) is 0 Å². The maximum atomic E-state index is 11.9. The molecule has 15 heavy (non-hydrogen) atoms. The lowest BCUT2D eigenvalue weighted by Gasteiger charge is -2.24. The molecule has 0 unspecified atom stereocenters. The molecule has 0 aromatic rings. The predicted octanol–water partition coefficient (Wildman–Crippen LogP) is 0.0501. The normalized spacial score (nSPS) is 17.5. The quantitative estimate of drug-likeness (QED) is 0.651. The Hall–Kier alpha value is -0.260. The van der Waals surface area contributed by atoms with Gasteiger partial charge in [0, 0.05) is 12.6 Å². The molecule has 0 aromatic heterocycles. The van der Waals surface area contributed by atoms with Gasteiger partial charge in [0.2, 0.25) is 5.91 Å². The largest absolute Gasteiger partial charge is 0.395 e. The molecule has 1 amide bonds. The summed E-state index contributed by atoms with van der Waals surface area (Å²) >= 11 is 1.70. The lowest BCUT2D eigenvalue weighted by Crippen LogP contribution is -2.46. The highest BCUT2D eigenvalue weighted by atomic mass is 32.2. The molecule has 1 rings (SSSR count). The topological polar surface area (TPSA) is 66.6 Å². The molecule has 1 saturated carbocycles. The Bertz CT molecular complexity index is 210. The number of amides is 1. The van der Waals surface area contributed by atoms with Crippen molar-refractivity contribution in [3.05, 3.63) is 0 Å². The number of hydrogen-bond donors (Lipinski definition) is 2. The fourth-order valence-electron chi connectivity index (χ4n) is 1.55. The molecule has 1 aliphatic rings. The average molecular weight is 232 g/mol. The zero-order chi connectivity index (χ0) is 11.3. The Balaban J connectivity index is 2.39. The van der Waals surface area contributed by atoms with Crippen molar-refractivity contribution in [1.29, 1.82) is 0 Å². The smallest absolute Gasteiger partial charge is 0.239 e. The second-order valence-corrected chi connectivity index (χ2v) is 4.86. The molecule has 3 N–H and O–H groups in total. The number of thioether (sulfide) groups is 1. The minimum absolute atomic E-state index is 0.000556. The number of aliphatic hydroxyl groups excluding tert-OH is 1. The van der Waals surface area contributed by atoms with E-state index in [9.17, 15) is 4.79 Å². The first-order chi connectivity index (χ1) is 7.20. The highest BCUT2D eigenvalue weighted by Crippen LogP contribution is 2.27. The number of rotatable bonds is 7. The van der Waals surface area contributed by atoms with Gasteiger partial charge in [0.15, 0.2) is 0 Å². The maximum absolute atomic E-state index is 11.9. The first kappa shape index (κ1) is 12.8. The predicted molar refractivity (Wildman–Crippen MR) is 62.8 cm³/mol. The standard InChI is InChI=1S/C10H20N2O2S/c1-15-7-4-9(11)10(14)12(5-6-13)8-2-3-8/h8-9,13H,2-7,11H2,1H3/t9-/m0/s1. The molecule has 1 atom stereocenters. The van der Waals surface area contributed by atoms with Crippen LogP contribution in [0.15, 0.2) is 0 Å². The lowest BCUT2D eigenvalue weighted by atomic mass is 10.2. The second kappa shape index (κ2) is 6.35. The Labute approximate surface area is 95.2 Å². The van der Waals surface area contributed by atoms with Crippen molar-refractivity contribution >= 4 is 17.7 Å². The third-order valence-corrected chi connectivity index (χ3v) is 3.21. The Morgan fingerprint density at radius 1 is 1.67 bits per heavy atom. The van der Waals surface area contributed by atoms with Crippen molar-refractivity contribution in [1.82, 2.24) is 4.90 Å². The van der Waals surface area contributed by atoms with Crippen LogP contribution in [0.1, 0.15) is 19.3 Å². The summed E-state index contributed by atoms with van der Waals surface area (Å²) in [5.74, 6) is 0.908. The first-order valence-electron chi connectivity index (χ1n) is 5.36. The van der Waals surface area contributed by atoms with E-state index < -0.39 is 6.04 Å². The molecule has 0 radical (unpaired) electrons. The third kappa shape index (κ3) is 4.01. The van der Waals surface area contributed by atoms with Gasteiger partial charge in [-0.15, -0.1) is 0 Å². The Morgan fingerprint density at radius 3 is 2.80 bits per heavy atom. The van der Waals surface area contributed by atoms with Crippen LogP contribution in [0.3, 0.4) is 0 Å². The van der Waals surface area contributed by atoms with Gasteiger partial charge in [-0.05, 0) is 31.3 Å². The monoisotopic (exact) mass is 232 g/mol. The minimum atomic E-state index is -0.399. The molecule has 88 valence electrons. The van der Waals surface area contributed by atoms with E-state index in [1.807, 2.05) is 6.26 Å². The summed E-state index contributed by atoms with van der Waals surface area (Å²) in [4.78, 5) is 13.6. The fraction of sp³-hybridized carbons (Fsp3) is 0.900. The van der Waals surface area contributed by atoms with Crippen molar-refractivity contribution in [2.24, 2.45) is 5.73 Å². The van der Waals surface area contributed by atoms with Crippen LogP contribution >= 0.6 is 11.8 Å². The van der Waals surface area contributed by atoms with Gasteiger partial charge in [-0.1, -0.05) is 0 Å². The van der Waals surface area contributed by atoms with Gasteiger partial charge in [-0.2, -0.15) is 11.8 Å². The molecule has 0 aromatic carbocycles. The molecule has 1 fully saturated rings. The highest BCUT2D eigenvalue weighted by Gasteiger charge is 2.33. The van der Waals surface area contributed by atoms with Crippen molar-refractivity contribution in [2.45, 2.75) is 31.3 Å². The number of aliphatic hydroxyl groups is 1. The van der Waals surface area contributed by atoms with E-state index in [1.54, 1.807) is 16.7 Å². The van der Waals surface area contributed by atoms with Gasteiger partial charge in [-0.25, -0.2) is 0 Å². The summed E-state index contributed by atoms with van der Waals surface area (Å²) in [5.41, 5.74) is 5.81.